The minimum atomic E-state index is -0.982. The number of aliphatic imine (C=N–C) groups is 1. The summed E-state index contributed by atoms with van der Waals surface area (Å²) in [7, 11) is 0. The van der Waals surface area contributed by atoms with Gasteiger partial charge in [0.25, 0.3) is 5.91 Å². The smallest absolute Gasteiger partial charge is 0.313 e. The van der Waals surface area contributed by atoms with E-state index in [1.807, 2.05) is 6.07 Å². The van der Waals surface area contributed by atoms with Crippen LogP contribution in [0.5, 0.6) is 5.75 Å². The number of anilines is 1. The van der Waals surface area contributed by atoms with Gasteiger partial charge >= 0.3 is 5.97 Å². The van der Waals surface area contributed by atoms with Crippen molar-refractivity contribution in [2.75, 3.05) is 10.7 Å². The number of carbonyl (C=O) groups excluding carboxylic acids is 1. The Hall–Kier alpha value is -3.06. The average molecular weight is 354 g/mol. The molecular formula is C18H14N2O4S. The number of thioether (sulfide) groups is 1. The van der Waals surface area contributed by atoms with Gasteiger partial charge in [0.15, 0.2) is 5.17 Å². The summed E-state index contributed by atoms with van der Waals surface area (Å²) in [6.07, 6.45) is 1.60. The van der Waals surface area contributed by atoms with Crippen LogP contribution >= 0.6 is 11.8 Å². The first-order valence-electron chi connectivity index (χ1n) is 7.38. The maximum absolute atomic E-state index is 12.8. The summed E-state index contributed by atoms with van der Waals surface area (Å²) < 4.78 is 0. The summed E-state index contributed by atoms with van der Waals surface area (Å²) in [5, 5.41) is 18.6. The van der Waals surface area contributed by atoms with Crippen molar-refractivity contribution < 1.29 is 19.8 Å². The predicted molar refractivity (Wildman–Crippen MR) is 97.5 cm³/mol. The molecule has 1 amide bonds. The first-order chi connectivity index (χ1) is 12.0. The van der Waals surface area contributed by atoms with Gasteiger partial charge in [0.2, 0.25) is 0 Å². The van der Waals surface area contributed by atoms with Gasteiger partial charge in [-0.15, -0.1) is 0 Å². The number of carboxylic acids is 1. The second-order valence-electron chi connectivity index (χ2n) is 5.17. The van der Waals surface area contributed by atoms with Crippen molar-refractivity contribution in [3.63, 3.8) is 0 Å². The normalized spacial score (nSPS) is 15.5. The Morgan fingerprint density at radius 1 is 1.12 bits per heavy atom. The zero-order valence-corrected chi connectivity index (χ0v) is 13.8. The molecule has 1 aliphatic heterocycles. The van der Waals surface area contributed by atoms with Gasteiger partial charge in [0.05, 0.1) is 11.4 Å². The molecule has 25 heavy (non-hydrogen) atoms. The van der Waals surface area contributed by atoms with Crippen molar-refractivity contribution in [1.29, 1.82) is 0 Å². The molecule has 7 heteroatoms. The number of rotatable bonds is 4. The highest BCUT2D eigenvalue weighted by molar-refractivity contribution is 8.14. The van der Waals surface area contributed by atoms with Gasteiger partial charge in [0, 0.05) is 0 Å². The number of aromatic hydroxyl groups is 1. The molecule has 0 fully saturated rings. The molecular weight excluding hydrogens is 340 g/mol. The lowest BCUT2D eigenvalue weighted by atomic mass is 10.2. The fourth-order valence-corrected chi connectivity index (χ4v) is 2.99. The molecule has 0 saturated carbocycles. The zero-order chi connectivity index (χ0) is 17.8. The van der Waals surface area contributed by atoms with Gasteiger partial charge < -0.3 is 10.2 Å². The van der Waals surface area contributed by atoms with Crippen molar-refractivity contribution in [2.24, 2.45) is 4.99 Å². The monoisotopic (exact) mass is 354 g/mol. The molecule has 6 nitrogen and oxygen atoms in total. The zero-order valence-electron chi connectivity index (χ0n) is 13.0. The lowest BCUT2D eigenvalue weighted by molar-refractivity contribution is -0.133. The molecule has 0 aromatic heterocycles. The van der Waals surface area contributed by atoms with Crippen LogP contribution in [0, 0.1) is 0 Å². The highest BCUT2D eigenvalue weighted by atomic mass is 32.2. The SMILES string of the molecule is O=C(O)CSC1=N/C(=C/c2ccc(O)cc2)C(=O)N1c1ccccc1. The molecule has 2 N–H and O–H groups in total. The number of aliphatic carboxylic acids is 1. The predicted octanol–water partition coefficient (Wildman–Crippen LogP) is 2.95. The maximum Gasteiger partial charge on any atom is 0.313 e. The third kappa shape index (κ3) is 3.89. The van der Waals surface area contributed by atoms with Crippen LogP contribution < -0.4 is 4.90 Å². The standard InChI is InChI=1S/C18H14N2O4S/c21-14-8-6-12(7-9-14)10-15-17(24)20(13-4-2-1-3-5-13)18(19-15)25-11-16(22)23/h1-10,21H,11H2,(H,22,23)/b15-10+. The number of nitrogens with zero attached hydrogens (tertiary/aromatic N) is 2. The van der Waals surface area contributed by atoms with Crippen molar-refractivity contribution in [3.05, 3.63) is 65.9 Å². The van der Waals surface area contributed by atoms with Crippen LogP contribution in [-0.2, 0) is 9.59 Å². The number of benzene rings is 2. The van der Waals surface area contributed by atoms with Crippen LogP contribution in [0.15, 0.2) is 65.3 Å². The van der Waals surface area contributed by atoms with Gasteiger partial charge in [-0.25, -0.2) is 4.99 Å². The molecule has 0 radical (unpaired) electrons. The lowest BCUT2D eigenvalue weighted by Crippen LogP contribution is -2.30. The van der Waals surface area contributed by atoms with Crippen LogP contribution in [0.4, 0.5) is 5.69 Å². The van der Waals surface area contributed by atoms with Gasteiger partial charge in [-0.1, -0.05) is 42.1 Å². The molecule has 0 atom stereocenters. The van der Waals surface area contributed by atoms with E-state index < -0.39 is 5.97 Å². The van der Waals surface area contributed by atoms with E-state index in [9.17, 15) is 14.7 Å². The highest BCUT2D eigenvalue weighted by Crippen LogP contribution is 2.29. The summed E-state index contributed by atoms with van der Waals surface area (Å²) in [4.78, 5) is 29.3. The number of phenols is 1. The summed E-state index contributed by atoms with van der Waals surface area (Å²) >= 11 is 0.990. The first-order valence-corrected chi connectivity index (χ1v) is 8.36. The molecule has 0 bridgehead atoms. The van der Waals surface area contributed by atoms with Crippen molar-refractivity contribution in [1.82, 2.24) is 0 Å². The largest absolute Gasteiger partial charge is 0.508 e. The molecule has 1 heterocycles. The summed E-state index contributed by atoms with van der Waals surface area (Å²) in [5.41, 5.74) is 1.54. The number of hydrogen-bond acceptors (Lipinski definition) is 5. The van der Waals surface area contributed by atoms with E-state index in [2.05, 4.69) is 4.99 Å². The van der Waals surface area contributed by atoms with E-state index in [-0.39, 0.29) is 23.1 Å². The van der Waals surface area contributed by atoms with E-state index in [1.54, 1.807) is 42.5 Å². The Bertz CT molecular complexity index is 860. The van der Waals surface area contributed by atoms with E-state index in [1.165, 1.54) is 17.0 Å². The number of carbonyl (C=O) groups is 2. The average Bonchev–Trinajstić information content (AvgIpc) is 2.91. The second-order valence-corrected chi connectivity index (χ2v) is 6.12. The molecule has 3 rings (SSSR count). The van der Waals surface area contributed by atoms with Crippen LogP contribution in [0.25, 0.3) is 6.08 Å². The molecule has 1 aliphatic rings. The van der Waals surface area contributed by atoms with Crippen LogP contribution in [0.3, 0.4) is 0 Å². The number of carboxylic acid groups (broad SMARTS) is 1. The van der Waals surface area contributed by atoms with Gasteiger partial charge in [-0.05, 0) is 35.9 Å². The molecule has 2 aromatic carbocycles. The molecule has 0 aliphatic carbocycles. The van der Waals surface area contributed by atoms with E-state index in [0.717, 1.165) is 11.8 Å². The van der Waals surface area contributed by atoms with Crippen molar-refractivity contribution in [3.8, 4) is 5.75 Å². The quantitative estimate of drug-likeness (QED) is 0.824. The first kappa shape index (κ1) is 16.8. The molecule has 2 aromatic rings. The Labute approximate surface area is 148 Å². The third-order valence-electron chi connectivity index (χ3n) is 3.37. The molecule has 0 saturated heterocycles. The topological polar surface area (TPSA) is 90.2 Å². The third-order valence-corrected chi connectivity index (χ3v) is 4.29. The maximum atomic E-state index is 12.8. The van der Waals surface area contributed by atoms with Gasteiger partial charge in [-0.3, -0.25) is 14.5 Å². The van der Waals surface area contributed by atoms with Crippen molar-refractivity contribution >= 4 is 40.6 Å². The highest BCUT2D eigenvalue weighted by Gasteiger charge is 2.32. The number of phenolic OH excluding ortho intramolecular Hbond substituents is 1. The van der Waals surface area contributed by atoms with E-state index in [4.69, 9.17) is 5.11 Å². The van der Waals surface area contributed by atoms with E-state index in [0.29, 0.717) is 16.4 Å². The molecule has 0 unspecified atom stereocenters. The fourth-order valence-electron chi connectivity index (χ4n) is 2.25. The Morgan fingerprint density at radius 2 is 1.80 bits per heavy atom. The summed E-state index contributed by atoms with van der Waals surface area (Å²) in [6, 6.07) is 15.3. The Morgan fingerprint density at radius 3 is 2.44 bits per heavy atom. The molecule has 126 valence electrons. The number of amidine groups is 1. The second kappa shape index (κ2) is 7.23. The number of hydrogen-bond donors (Lipinski definition) is 2. The lowest BCUT2D eigenvalue weighted by Gasteiger charge is -2.17. The van der Waals surface area contributed by atoms with Gasteiger partial charge in [0.1, 0.15) is 11.4 Å². The van der Waals surface area contributed by atoms with Gasteiger partial charge in [-0.2, -0.15) is 0 Å². The minimum absolute atomic E-state index is 0.131. The summed E-state index contributed by atoms with van der Waals surface area (Å²) in [5.74, 6) is -1.37. The van der Waals surface area contributed by atoms with Crippen LogP contribution in [0.2, 0.25) is 0 Å². The summed E-state index contributed by atoms with van der Waals surface area (Å²) in [6.45, 7) is 0. The van der Waals surface area contributed by atoms with Crippen LogP contribution in [0.1, 0.15) is 5.56 Å². The minimum Gasteiger partial charge on any atom is -0.508 e. The number of amides is 1. The van der Waals surface area contributed by atoms with Crippen LogP contribution in [-0.4, -0.2) is 33.0 Å². The van der Waals surface area contributed by atoms with Crippen molar-refractivity contribution in [2.45, 2.75) is 0 Å². The Balaban J connectivity index is 1.96. The van der Waals surface area contributed by atoms with E-state index >= 15 is 0 Å². The molecule has 0 spiro atoms. The Kier molecular flexibility index (Phi) is 4.85. The fraction of sp³-hybridized carbons (Fsp3) is 0.0556. The number of para-hydroxylation sites is 1.